The molecule has 260 valence electrons. The summed E-state index contributed by atoms with van der Waals surface area (Å²) >= 11 is 0. The van der Waals surface area contributed by atoms with Crippen LogP contribution in [0.4, 0.5) is 17.1 Å². The summed E-state index contributed by atoms with van der Waals surface area (Å²) in [4.78, 5) is 2.51. The summed E-state index contributed by atoms with van der Waals surface area (Å²) in [5.41, 5.74) is 19.5. The van der Waals surface area contributed by atoms with Crippen LogP contribution in [0.2, 0.25) is 0 Å². The molecule has 8 aromatic rings. The van der Waals surface area contributed by atoms with E-state index >= 15 is 0 Å². The summed E-state index contributed by atoms with van der Waals surface area (Å²) in [6, 6.07) is 65.5. The van der Waals surface area contributed by atoms with Gasteiger partial charge in [-0.25, -0.2) is 0 Å². The van der Waals surface area contributed by atoms with Gasteiger partial charge in [-0.2, -0.15) is 0 Å². The Morgan fingerprint density at radius 2 is 1.04 bits per heavy atom. The van der Waals surface area contributed by atoms with Gasteiger partial charge in [0.2, 0.25) is 0 Å². The van der Waals surface area contributed by atoms with Gasteiger partial charge < -0.3 is 4.90 Å². The van der Waals surface area contributed by atoms with Crippen LogP contribution >= 0.6 is 0 Å². The van der Waals surface area contributed by atoms with Crippen LogP contribution in [-0.2, 0) is 18.3 Å². The highest BCUT2D eigenvalue weighted by Gasteiger charge is 2.37. The first-order valence-corrected chi connectivity index (χ1v) is 19.5. The van der Waals surface area contributed by atoms with Crippen molar-refractivity contribution in [2.75, 3.05) is 4.90 Å². The minimum Gasteiger partial charge on any atom is -0.310 e. The van der Waals surface area contributed by atoms with E-state index < -0.39 is 0 Å². The van der Waals surface area contributed by atoms with Crippen LogP contribution < -0.4 is 4.90 Å². The molecular formula is C53H43N. The zero-order chi connectivity index (χ0) is 36.2. The molecule has 0 spiro atoms. The molecule has 0 heterocycles. The molecular weight excluding hydrogens is 651 g/mol. The smallest absolute Gasteiger partial charge is 0.0543 e. The monoisotopic (exact) mass is 693 g/mol. The highest BCUT2D eigenvalue weighted by atomic mass is 15.1. The van der Waals surface area contributed by atoms with Crippen LogP contribution in [0.3, 0.4) is 0 Å². The summed E-state index contributed by atoms with van der Waals surface area (Å²) in [5, 5.41) is 2.54. The SMILES string of the molecule is CC1(C)c2ccccc2-c2cc(-c3cccc4c3CCCC4)c(N(c3ccc(-c4ccccc4)cc3)c3ccc(-c4cccc5ccccc45)cc3)cc21. The van der Waals surface area contributed by atoms with Crippen LogP contribution in [0.5, 0.6) is 0 Å². The van der Waals surface area contributed by atoms with Gasteiger partial charge in [-0.05, 0) is 134 Å². The van der Waals surface area contributed by atoms with Gasteiger partial charge in [0.25, 0.3) is 0 Å². The number of hydrogen-bond acceptors (Lipinski definition) is 1. The number of rotatable bonds is 6. The second-order valence-corrected chi connectivity index (χ2v) is 15.6. The maximum Gasteiger partial charge on any atom is 0.0543 e. The van der Waals surface area contributed by atoms with Gasteiger partial charge >= 0.3 is 0 Å². The molecule has 1 heteroatoms. The number of nitrogens with zero attached hydrogens (tertiary/aromatic N) is 1. The predicted molar refractivity (Wildman–Crippen MR) is 229 cm³/mol. The Balaban J connectivity index is 1.21. The van der Waals surface area contributed by atoms with Gasteiger partial charge in [0.1, 0.15) is 0 Å². The quantitative estimate of drug-likeness (QED) is 0.168. The third-order valence-electron chi connectivity index (χ3n) is 12.1. The van der Waals surface area contributed by atoms with Crippen LogP contribution in [-0.4, -0.2) is 0 Å². The van der Waals surface area contributed by atoms with E-state index in [9.17, 15) is 0 Å². The minimum absolute atomic E-state index is 0.129. The highest BCUT2D eigenvalue weighted by Crippen LogP contribution is 2.54. The number of anilines is 3. The molecule has 0 saturated heterocycles. The van der Waals surface area contributed by atoms with Crippen molar-refractivity contribution in [2.45, 2.75) is 44.9 Å². The summed E-state index contributed by atoms with van der Waals surface area (Å²) in [6.07, 6.45) is 4.77. The molecule has 0 bridgehead atoms. The third kappa shape index (κ3) is 5.38. The molecule has 0 N–H and O–H groups in total. The van der Waals surface area contributed by atoms with Crippen molar-refractivity contribution in [3.05, 3.63) is 198 Å². The van der Waals surface area contributed by atoms with E-state index in [1.807, 2.05) is 0 Å². The fraction of sp³-hybridized carbons (Fsp3) is 0.132. The topological polar surface area (TPSA) is 3.24 Å². The van der Waals surface area contributed by atoms with Crippen molar-refractivity contribution >= 4 is 27.8 Å². The Hall–Kier alpha value is -6.18. The molecule has 1 nitrogen and oxygen atoms in total. The fourth-order valence-corrected chi connectivity index (χ4v) is 9.30. The largest absolute Gasteiger partial charge is 0.310 e. The van der Waals surface area contributed by atoms with Crippen molar-refractivity contribution in [3.63, 3.8) is 0 Å². The Morgan fingerprint density at radius 3 is 1.85 bits per heavy atom. The van der Waals surface area contributed by atoms with Crippen molar-refractivity contribution in [1.29, 1.82) is 0 Å². The summed E-state index contributed by atoms with van der Waals surface area (Å²) < 4.78 is 0. The summed E-state index contributed by atoms with van der Waals surface area (Å²) in [5.74, 6) is 0. The van der Waals surface area contributed by atoms with Gasteiger partial charge in [-0.1, -0.05) is 153 Å². The zero-order valence-electron chi connectivity index (χ0n) is 31.0. The van der Waals surface area contributed by atoms with E-state index in [4.69, 9.17) is 0 Å². The first-order valence-electron chi connectivity index (χ1n) is 19.5. The molecule has 10 rings (SSSR count). The molecule has 0 aromatic heterocycles. The number of hydrogen-bond donors (Lipinski definition) is 0. The number of aryl methyl sites for hydroxylation is 1. The van der Waals surface area contributed by atoms with E-state index in [0.29, 0.717) is 0 Å². The van der Waals surface area contributed by atoms with Crippen LogP contribution in [0.1, 0.15) is 48.9 Å². The lowest BCUT2D eigenvalue weighted by Crippen LogP contribution is -2.17. The first-order chi connectivity index (χ1) is 26.5. The second kappa shape index (κ2) is 13.0. The van der Waals surface area contributed by atoms with Crippen molar-refractivity contribution in [1.82, 2.24) is 0 Å². The lowest BCUT2D eigenvalue weighted by molar-refractivity contribution is 0.660. The van der Waals surface area contributed by atoms with Crippen LogP contribution in [0.25, 0.3) is 55.3 Å². The van der Waals surface area contributed by atoms with E-state index in [2.05, 4.69) is 195 Å². The van der Waals surface area contributed by atoms with Crippen molar-refractivity contribution in [3.8, 4) is 44.5 Å². The molecule has 0 aliphatic heterocycles. The first kappa shape index (κ1) is 32.5. The normalized spacial score (nSPS) is 14.0. The lowest BCUT2D eigenvalue weighted by atomic mass is 9.80. The van der Waals surface area contributed by atoms with E-state index in [1.165, 1.54) is 96.1 Å². The van der Waals surface area contributed by atoms with Crippen molar-refractivity contribution < 1.29 is 0 Å². The molecule has 8 aromatic carbocycles. The predicted octanol–water partition coefficient (Wildman–Crippen LogP) is 14.5. The van der Waals surface area contributed by atoms with Gasteiger partial charge in [-0.15, -0.1) is 0 Å². The third-order valence-corrected chi connectivity index (χ3v) is 12.1. The molecule has 2 aliphatic carbocycles. The van der Waals surface area contributed by atoms with E-state index in [0.717, 1.165) is 24.2 Å². The Kier molecular flexibility index (Phi) is 7.84. The Bertz CT molecular complexity index is 2660. The standard InChI is InChI=1S/C53H43N/c1-53(2)50-25-11-10-22-47(50)48-34-49(46-24-13-19-39-17-7-9-21-45(39)46)52(35-51(48)53)54(41-30-26-37(27-31-41)36-14-4-3-5-15-36)42-32-28-40(29-33-42)44-23-12-18-38-16-6-8-20-43(38)44/h3-6,8,10-16,18-20,22-35H,7,9,17,21H2,1-2H3. The van der Waals surface area contributed by atoms with Crippen LogP contribution in [0.15, 0.2) is 176 Å². The molecule has 0 unspecified atom stereocenters. The average molecular weight is 694 g/mol. The lowest BCUT2D eigenvalue weighted by Gasteiger charge is -2.31. The van der Waals surface area contributed by atoms with Gasteiger partial charge in [-0.3, -0.25) is 0 Å². The average Bonchev–Trinajstić information content (AvgIpc) is 3.46. The summed E-state index contributed by atoms with van der Waals surface area (Å²) in [6.45, 7) is 4.78. The fourth-order valence-electron chi connectivity index (χ4n) is 9.30. The summed E-state index contributed by atoms with van der Waals surface area (Å²) in [7, 11) is 0. The van der Waals surface area contributed by atoms with E-state index in [-0.39, 0.29) is 5.41 Å². The maximum absolute atomic E-state index is 2.53. The Morgan fingerprint density at radius 1 is 0.426 bits per heavy atom. The molecule has 0 saturated carbocycles. The van der Waals surface area contributed by atoms with Gasteiger partial charge in [0.15, 0.2) is 0 Å². The van der Waals surface area contributed by atoms with Crippen LogP contribution in [0, 0.1) is 0 Å². The highest BCUT2D eigenvalue weighted by molar-refractivity contribution is 5.98. The molecule has 0 amide bonds. The number of fused-ring (bicyclic) bond motifs is 5. The van der Waals surface area contributed by atoms with Gasteiger partial charge in [0.05, 0.1) is 5.69 Å². The van der Waals surface area contributed by atoms with Crippen molar-refractivity contribution in [2.24, 2.45) is 0 Å². The zero-order valence-corrected chi connectivity index (χ0v) is 31.0. The number of benzene rings is 8. The molecule has 2 aliphatic rings. The molecule has 0 radical (unpaired) electrons. The minimum atomic E-state index is -0.129. The molecule has 0 fully saturated rings. The second-order valence-electron chi connectivity index (χ2n) is 15.6. The maximum atomic E-state index is 2.53. The molecule has 54 heavy (non-hydrogen) atoms. The molecule has 0 atom stereocenters. The van der Waals surface area contributed by atoms with E-state index in [1.54, 1.807) is 0 Å². The Labute approximate surface area is 319 Å². The van der Waals surface area contributed by atoms with Gasteiger partial charge in [0, 0.05) is 22.4 Å².